The van der Waals surface area contributed by atoms with Gasteiger partial charge in [0, 0.05) is 24.4 Å². The van der Waals surface area contributed by atoms with Gasteiger partial charge in [-0.15, -0.1) is 0 Å². The van der Waals surface area contributed by atoms with E-state index in [-0.39, 0.29) is 11.9 Å². The van der Waals surface area contributed by atoms with Crippen LogP contribution in [0.5, 0.6) is 11.5 Å². The molecule has 0 aliphatic carbocycles. The minimum atomic E-state index is -0.285. The molecule has 0 saturated carbocycles. The SMILES string of the molecule is O=C(Nc1ncccn1)c1ccc2c(c1)OCCCO2. The summed E-state index contributed by atoms with van der Waals surface area (Å²) in [5.74, 6) is 1.23. The van der Waals surface area contributed by atoms with E-state index < -0.39 is 0 Å². The second-order valence-electron chi connectivity index (χ2n) is 4.24. The van der Waals surface area contributed by atoms with Crippen molar-refractivity contribution < 1.29 is 14.3 Å². The van der Waals surface area contributed by atoms with Crippen molar-refractivity contribution in [1.82, 2.24) is 9.97 Å². The highest BCUT2D eigenvalue weighted by molar-refractivity contribution is 6.03. The average Bonchev–Trinajstić information content (AvgIpc) is 2.72. The Hall–Kier alpha value is -2.63. The fourth-order valence-corrected chi connectivity index (χ4v) is 1.84. The molecule has 102 valence electrons. The molecule has 0 saturated heterocycles. The number of carbonyl (C=O) groups excluding carboxylic acids is 1. The number of amides is 1. The number of benzene rings is 1. The topological polar surface area (TPSA) is 73.3 Å². The van der Waals surface area contributed by atoms with Crippen LogP contribution in [0.25, 0.3) is 0 Å². The third-order valence-corrected chi connectivity index (χ3v) is 2.80. The van der Waals surface area contributed by atoms with Crippen LogP contribution in [-0.2, 0) is 0 Å². The standard InChI is InChI=1S/C14H13N3O3/c18-13(17-14-15-5-1-6-16-14)10-3-4-11-12(9-10)20-8-2-7-19-11/h1,3-6,9H,2,7-8H2,(H,15,16,17,18). The van der Waals surface area contributed by atoms with E-state index in [1.165, 1.54) is 0 Å². The van der Waals surface area contributed by atoms with E-state index in [2.05, 4.69) is 15.3 Å². The molecule has 2 heterocycles. The van der Waals surface area contributed by atoms with E-state index in [0.717, 1.165) is 6.42 Å². The molecule has 1 amide bonds. The summed E-state index contributed by atoms with van der Waals surface area (Å²) in [6.07, 6.45) is 3.96. The van der Waals surface area contributed by atoms with Gasteiger partial charge in [-0.05, 0) is 24.3 Å². The van der Waals surface area contributed by atoms with E-state index in [1.54, 1.807) is 36.7 Å². The Kier molecular flexibility index (Phi) is 3.45. The van der Waals surface area contributed by atoms with Crippen LogP contribution >= 0.6 is 0 Å². The lowest BCUT2D eigenvalue weighted by Crippen LogP contribution is -2.14. The maximum absolute atomic E-state index is 12.1. The predicted molar refractivity (Wildman–Crippen MR) is 72.0 cm³/mol. The molecule has 0 unspecified atom stereocenters. The molecule has 0 fully saturated rings. The molecule has 1 aliphatic heterocycles. The highest BCUT2D eigenvalue weighted by Gasteiger charge is 2.14. The number of nitrogens with zero attached hydrogens (tertiary/aromatic N) is 2. The minimum absolute atomic E-state index is 0.268. The van der Waals surface area contributed by atoms with E-state index >= 15 is 0 Å². The zero-order valence-electron chi connectivity index (χ0n) is 10.7. The first-order chi connectivity index (χ1) is 9.83. The van der Waals surface area contributed by atoms with Crippen molar-refractivity contribution >= 4 is 11.9 Å². The van der Waals surface area contributed by atoms with Gasteiger partial charge in [0.25, 0.3) is 5.91 Å². The van der Waals surface area contributed by atoms with E-state index in [9.17, 15) is 4.79 Å². The Morgan fingerprint density at radius 2 is 1.85 bits per heavy atom. The number of nitrogens with one attached hydrogen (secondary N) is 1. The van der Waals surface area contributed by atoms with Crippen LogP contribution < -0.4 is 14.8 Å². The van der Waals surface area contributed by atoms with E-state index in [1.807, 2.05) is 0 Å². The first-order valence-electron chi connectivity index (χ1n) is 6.31. The maximum Gasteiger partial charge on any atom is 0.258 e. The second kappa shape index (κ2) is 5.56. The lowest BCUT2D eigenvalue weighted by atomic mass is 10.2. The monoisotopic (exact) mass is 271 g/mol. The van der Waals surface area contributed by atoms with Crippen molar-refractivity contribution in [2.24, 2.45) is 0 Å². The molecule has 3 rings (SSSR count). The summed E-state index contributed by atoms with van der Waals surface area (Å²) in [6.45, 7) is 1.20. The molecule has 1 aromatic carbocycles. The third-order valence-electron chi connectivity index (χ3n) is 2.80. The number of hydrogen-bond acceptors (Lipinski definition) is 5. The first-order valence-corrected chi connectivity index (χ1v) is 6.31. The molecule has 0 spiro atoms. The van der Waals surface area contributed by atoms with E-state index in [0.29, 0.717) is 30.3 Å². The summed E-state index contributed by atoms with van der Waals surface area (Å²) in [6, 6.07) is 6.77. The van der Waals surface area contributed by atoms with Crippen LogP contribution in [0.2, 0.25) is 0 Å². The predicted octanol–water partition coefficient (Wildman–Crippen LogP) is 1.89. The molecule has 0 radical (unpaired) electrons. The zero-order chi connectivity index (χ0) is 13.8. The summed E-state index contributed by atoms with van der Waals surface area (Å²) in [7, 11) is 0. The molecule has 0 bridgehead atoms. The molecule has 2 aromatic rings. The van der Waals surface area contributed by atoms with Crippen molar-refractivity contribution in [3.05, 3.63) is 42.2 Å². The molecule has 1 N–H and O–H groups in total. The summed E-state index contributed by atoms with van der Waals surface area (Å²) >= 11 is 0. The van der Waals surface area contributed by atoms with Gasteiger partial charge in [-0.3, -0.25) is 10.1 Å². The number of hydrogen-bond donors (Lipinski definition) is 1. The third kappa shape index (κ3) is 2.69. The van der Waals surface area contributed by atoms with Gasteiger partial charge in [0.15, 0.2) is 11.5 Å². The van der Waals surface area contributed by atoms with Gasteiger partial charge < -0.3 is 9.47 Å². The lowest BCUT2D eigenvalue weighted by Gasteiger charge is -2.09. The van der Waals surface area contributed by atoms with Crippen molar-refractivity contribution in [3.63, 3.8) is 0 Å². The van der Waals surface area contributed by atoms with Crippen molar-refractivity contribution in [1.29, 1.82) is 0 Å². The zero-order valence-corrected chi connectivity index (χ0v) is 10.7. The Balaban J connectivity index is 1.80. The van der Waals surface area contributed by atoms with Crippen molar-refractivity contribution in [3.8, 4) is 11.5 Å². The van der Waals surface area contributed by atoms with Crippen LogP contribution in [-0.4, -0.2) is 29.1 Å². The van der Waals surface area contributed by atoms with E-state index in [4.69, 9.17) is 9.47 Å². The summed E-state index contributed by atoms with van der Waals surface area (Å²) in [5, 5.41) is 2.62. The highest BCUT2D eigenvalue weighted by atomic mass is 16.5. The molecular weight excluding hydrogens is 258 g/mol. The van der Waals surface area contributed by atoms with Crippen molar-refractivity contribution in [2.45, 2.75) is 6.42 Å². The van der Waals surface area contributed by atoms with Crippen LogP contribution in [0.1, 0.15) is 16.8 Å². The van der Waals surface area contributed by atoms with Crippen molar-refractivity contribution in [2.75, 3.05) is 18.5 Å². The number of ether oxygens (including phenoxy) is 2. The van der Waals surface area contributed by atoms with Crippen LogP contribution in [0.15, 0.2) is 36.7 Å². The largest absolute Gasteiger partial charge is 0.490 e. The van der Waals surface area contributed by atoms with Gasteiger partial charge in [-0.2, -0.15) is 0 Å². The summed E-state index contributed by atoms with van der Waals surface area (Å²) in [5.41, 5.74) is 0.474. The Bertz CT molecular complexity index is 616. The Labute approximate surface area is 115 Å². The molecule has 1 aromatic heterocycles. The smallest absolute Gasteiger partial charge is 0.258 e. The normalized spacial score (nSPS) is 13.4. The number of aromatic nitrogens is 2. The molecule has 1 aliphatic rings. The van der Waals surface area contributed by atoms with Crippen LogP contribution in [0.4, 0.5) is 5.95 Å². The Morgan fingerprint density at radius 3 is 2.65 bits per heavy atom. The highest BCUT2D eigenvalue weighted by Crippen LogP contribution is 2.30. The number of carbonyl (C=O) groups is 1. The quantitative estimate of drug-likeness (QED) is 0.903. The molecule has 20 heavy (non-hydrogen) atoms. The van der Waals surface area contributed by atoms with Gasteiger partial charge in [-0.25, -0.2) is 9.97 Å². The minimum Gasteiger partial charge on any atom is -0.490 e. The number of anilines is 1. The van der Waals surface area contributed by atoms with Crippen LogP contribution in [0.3, 0.4) is 0 Å². The van der Waals surface area contributed by atoms with Gasteiger partial charge in [0.1, 0.15) is 0 Å². The molecular formula is C14H13N3O3. The number of rotatable bonds is 2. The number of fused-ring (bicyclic) bond motifs is 1. The molecule has 6 heteroatoms. The second-order valence-corrected chi connectivity index (χ2v) is 4.24. The lowest BCUT2D eigenvalue weighted by molar-refractivity contribution is 0.102. The van der Waals surface area contributed by atoms with Gasteiger partial charge in [-0.1, -0.05) is 0 Å². The summed E-state index contributed by atoms with van der Waals surface area (Å²) in [4.78, 5) is 20.0. The van der Waals surface area contributed by atoms with Gasteiger partial charge >= 0.3 is 0 Å². The fraction of sp³-hybridized carbons (Fsp3) is 0.214. The average molecular weight is 271 g/mol. The Morgan fingerprint density at radius 1 is 1.10 bits per heavy atom. The van der Waals surface area contributed by atoms with Gasteiger partial charge in [0.2, 0.25) is 5.95 Å². The van der Waals surface area contributed by atoms with Gasteiger partial charge in [0.05, 0.1) is 13.2 Å². The molecule has 6 nitrogen and oxygen atoms in total. The van der Waals surface area contributed by atoms with Crippen LogP contribution in [0, 0.1) is 0 Å². The first kappa shape index (κ1) is 12.4. The maximum atomic E-state index is 12.1. The summed E-state index contributed by atoms with van der Waals surface area (Å²) < 4.78 is 11.1. The molecule has 0 atom stereocenters. The fourth-order valence-electron chi connectivity index (χ4n) is 1.84.